The first-order chi connectivity index (χ1) is 19.1. The SMILES string of the molecule is C=C(CC)CCC(C)C1CCC2C3CCC4CC(C)CC4(C)C3CCC12C.CC.CCCCC.CCCCCN. The molecule has 0 radical (unpaired) electrons. The van der Waals surface area contributed by atoms with Gasteiger partial charge in [0.15, 0.2) is 0 Å². The fourth-order valence-corrected chi connectivity index (χ4v) is 10.1. The molecule has 0 spiro atoms. The van der Waals surface area contributed by atoms with E-state index in [1.54, 1.807) is 19.3 Å². The number of nitrogens with two attached hydrogens (primary N) is 1. The van der Waals surface area contributed by atoms with Crippen molar-refractivity contribution in [2.24, 2.45) is 58.0 Å². The first kappa shape index (κ1) is 37.7. The Balaban J connectivity index is 0.000000519. The Hall–Kier alpha value is -0.300. The van der Waals surface area contributed by atoms with Gasteiger partial charge in [0.2, 0.25) is 0 Å². The molecular weight excluding hydrogens is 482 g/mol. The Labute approximate surface area is 254 Å². The summed E-state index contributed by atoms with van der Waals surface area (Å²) >= 11 is 0. The highest BCUT2D eigenvalue weighted by Crippen LogP contribution is 2.69. The second-order valence-corrected chi connectivity index (χ2v) is 14.9. The average molecular weight is 560 g/mol. The number of rotatable bonds is 10. The summed E-state index contributed by atoms with van der Waals surface area (Å²) in [5, 5.41) is 0. The fraction of sp³-hybridized carbons (Fsp3) is 0.949. The van der Waals surface area contributed by atoms with E-state index in [0.29, 0.717) is 10.8 Å². The van der Waals surface area contributed by atoms with Gasteiger partial charge in [-0.05, 0) is 136 Å². The Morgan fingerprint density at radius 3 is 2.00 bits per heavy atom. The largest absolute Gasteiger partial charge is 0.330 e. The minimum absolute atomic E-state index is 0.640. The van der Waals surface area contributed by atoms with E-state index in [9.17, 15) is 0 Å². The monoisotopic (exact) mass is 560 g/mol. The third-order valence-electron chi connectivity index (χ3n) is 12.3. The molecule has 1 nitrogen and oxygen atoms in total. The molecule has 9 unspecified atom stereocenters. The predicted octanol–water partition coefficient (Wildman–Crippen LogP) is 12.6. The van der Waals surface area contributed by atoms with Crippen molar-refractivity contribution >= 4 is 0 Å². The van der Waals surface area contributed by atoms with E-state index in [1.165, 1.54) is 95.5 Å². The maximum atomic E-state index is 5.21. The lowest BCUT2D eigenvalue weighted by Gasteiger charge is -2.58. The van der Waals surface area contributed by atoms with Crippen LogP contribution < -0.4 is 5.73 Å². The van der Waals surface area contributed by atoms with Crippen LogP contribution in [0.15, 0.2) is 12.2 Å². The van der Waals surface area contributed by atoms with Crippen LogP contribution in [0.4, 0.5) is 0 Å². The van der Waals surface area contributed by atoms with Gasteiger partial charge in [-0.2, -0.15) is 0 Å². The molecule has 0 amide bonds. The molecule has 238 valence electrons. The molecule has 4 rings (SSSR count). The maximum Gasteiger partial charge on any atom is -0.00773 e. The zero-order chi connectivity index (χ0) is 30.3. The second kappa shape index (κ2) is 19.1. The van der Waals surface area contributed by atoms with Crippen LogP contribution in [0.1, 0.15) is 178 Å². The Morgan fingerprint density at radius 1 is 0.850 bits per heavy atom. The van der Waals surface area contributed by atoms with Crippen LogP contribution in [0, 0.1) is 52.3 Å². The van der Waals surface area contributed by atoms with E-state index < -0.39 is 0 Å². The molecule has 0 aromatic rings. The number of hydrogen-bond acceptors (Lipinski definition) is 1. The highest BCUT2D eigenvalue weighted by Gasteiger charge is 2.61. The molecule has 4 fully saturated rings. The Bertz CT molecular complexity index is 662. The average Bonchev–Trinajstić information content (AvgIpc) is 3.47. The van der Waals surface area contributed by atoms with Crippen molar-refractivity contribution in [1.29, 1.82) is 0 Å². The lowest BCUT2D eigenvalue weighted by atomic mass is 9.47. The number of fused-ring (bicyclic) bond motifs is 5. The van der Waals surface area contributed by atoms with Crippen molar-refractivity contribution in [3.8, 4) is 0 Å². The molecular formula is C39H77N. The maximum absolute atomic E-state index is 5.21. The third-order valence-corrected chi connectivity index (χ3v) is 12.3. The Morgan fingerprint density at radius 2 is 1.48 bits per heavy atom. The van der Waals surface area contributed by atoms with Crippen molar-refractivity contribution in [3.63, 3.8) is 0 Å². The third kappa shape index (κ3) is 9.61. The number of unbranched alkanes of at least 4 members (excludes halogenated alkanes) is 4. The van der Waals surface area contributed by atoms with Crippen LogP contribution in [0.5, 0.6) is 0 Å². The molecule has 0 bridgehead atoms. The molecule has 2 N–H and O–H groups in total. The summed E-state index contributed by atoms with van der Waals surface area (Å²) < 4.78 is 0. The van der Waals surface area contributed by atoms with Gasteiger partial charge in [-0.1, -0.05) is 113 Å². The van der Waals surface area contributed by atoms with Gasteiger partial charge in [-0.15, -0.1) is 0 Å². The topological polar surface area (TPSA) is 26.0 Å². The van der Waals surface area contributed by atoms with Gasteiger partial charge in [0.25, 0.3) is 0 Å². The summed E-state index contributed by atoms with van der Waals surface area (Å²) in [6, 6.07) is 0. The summed E-state index contributed by atoms with van der Waals surface area (Å²) in [6.07, 6.45) is 23.9. The molecule has 4 aliphatic rings. The highest BCUT2D eigenvalue weighted by molar-refractivity contribution is 5.10. The fourth-order valence-electron chi connectivity index (χ4n) is 10.1. The van der Waals surface area contributed by atoms with Crippen LogP contribution in [0.3, 0.4) is 0 Å². The molecule has 9 atom stereocenters. The standard InChI is InChI=1S/C27H46.C5H13N.C5H12.C2H6/c1-7-18(2)8-9-20(4)23-12-13-24-22-11-10-21-16-19(3)17-27(21,6)25(22)14-15-26(23,24)5;1-2-3-4-5-6;1-3-5-4-2;1-2/h19-25H,2,7-17H2,1,3-6H3;2-6H2,1H3;3-5H2,1-2H3;1-2H3. The van der Waals surface area contributed by atoms with Crippen molar-refractivity contribution in [1.82, 2.24) is 0 Å². The van der Waals surface area contributed by atoms with Crippen LogP contribution in [-0.4, -0.2) is 6.54 Å². The van der Waals surface area contributed by atoms with E-state index in [2.05, 4.69) is 62.0 Å². The summed E-state index contributed by atoms with van der Waals surface area (Å²) in [5.41, 5.74) is 8.01. The normalized spacial score (nSPS) is 36.3. The van der Waals surface area contributed by atoms with Crippen molar-refractivity contribution in [3.05, 3.63) is 12.2 Å². The van der Waals surface area contributed by atoms with Crippen molar-refractivity contribution in [2.45, 2.75) is 178 Å². The minimum atomic E-state index is 0.640. The number of hydrogen-bond donors (Lipinski definition) is 1. The number of allylic oxidation sites excluding steroid dienone is 1. The van der Waals surface area contributed by atoms with Gasteiger partial charge >= 0.3 is 0 Å². The first-order valence-corrected chi connectivity index (χ1v) is 18.5. The molecule has 0 aromatic heterocycles. The van der Waals surface area contributed by atoms with E-state index in [-0.39, 0.29) is 0 Å². The molecule has 1 heteroatoms. The van der Waals surface area contributed by atoms with E-state index >= 15 is 0 Å². The zero-order valence-electron chi connectivity index (χ0n) is 29.6. The molecule has 40 heavy (non-hydrogen) atoms. The second-order valence-electron chi connectivity index (χ2n) is 14.9. The molecule has 4 saturated carbocycles. The summed E-state index contributed by atoms with van der Waals surface area (Å²) in [5.74, 6) is 7.03. The predicted molar refractivity (Wildman–Crippen MR) is 183 cm³/mol. The Kier molecular flexibility index (Phi) is 18.0. The van der Waals surface area contributed by atoms with Gasteiger partial charge < -0.3 is 5.73 Å². The molecule has 0 aliphatic heterocycles. The van der Waals surface area contributed by atoms with Crippen LogP contribution in [0.25, 0.3) is 0 Å². The van der Waals surface area contributed by atoms with Gasteiger partial charge in [-0.3, -0.25) is 0 Å². The van der Waals surface area contributed by atoms with Crippen LogP contribution in [-0.2, 0) is 0 Å². The van der Waals surface area contributed by atoms with Gasteiger partial charge in [0, 0.05) is 0 Å². The van der Waals surface area contributed by atoms with Crippen molar-refractivity contribution in [2.75, 3.05) is 6.54 Å². The van der Waals surface area contributed by atoms with E-state index in [0.717, 1.165) is 48.0 Å². The molecule has 0 aromatic carbocycles. The van der Waals surface area contributed by atoms with Gasteiger partial charge in [-0.25, -0.2) is 0 Å². The summed E-state index contributed by atoms with van der Waals surface area (Å²) in [6.45, 7) is 28.5. The lowest BCUT2D eigenvalue weighted by Crippen LogP contribution is -2.50. The molecule has 4 aliphatic carbocycles. The van der Waals surface area contributed by atoms with E-state index in [1.807, 2.05) is 13.8 Å². The van der Waals surface area contributed by atoms with Gasteiger partial charge in [0.1, 0.15) is 0 Å². The van der Waals surface area contributed by atoms with Crippen molar-refractivity contribution < 1.29 is 0 Å². The highest BCUT2D eigenvalue weighted by atomic mass is 14.7. The zero-order valence-corrected chi connectivity index (χ0v) is 29.6. The van der Waals surface area contributed by atoms with Crippen LogP contribution in [0.2, 0.25) is 0 Å². The smallest absolute Gasteiger partial charge is 0.00773 e. The first-order valence-electron chi connectivity index (χ1n) is 18.5. The molecule has 0 saturated heterocycles. The molecule has 0 heterocycles. The van der Waals surface area contributed by atoms with Crippen LogP contribution >= 0.6 is 0 Å². The minimum Gasteiger partial charge on any atom is -0.330 e. The summed E-state index contributed by atoms with van der Waals surface area (Å²) in [4.78, 5) is 0. The lowest BCUT2D eigenvalue weighted by molar-refractivity contribution is -0.0904. The van der Waals surface area contributed by atoms with E-state index in [4.69, 9.17) is 5.73 Å². The van der Waals surface area contributed by atoms with Gasteiger partial charge in [0.05, 0.1) is 0 Å². The quantitative estimate of drug-likeness (QED) is 0.209. The summed E-state index contributed by atoms with van der Waals surface area (Å²) in [7, 11) is 0.